The first kappa shape index (κ1) is 14.7. The van der Waals surface area contributed by atoms with E-state index in [9.17, 15) is 4.79 Å². The van der Waals surface area contributed by atoms with E-state index in [4.69, 9.17) is 10.9 Å². The number of piperidine rings is 1. The monoisotopic (exact) mass is 297 g/mol. The molecule has 1 saturated heterocycles. The van der Waals surface area contributed by atoms with Gasteiger partial charge in [0.25, 0.3) is 5.91 Å². The maximum atomic E-state index is 12.7. The minimum atomic E-state index is -0.335. The Hall–Kier alpha value is -1.70. The fourth-order valence-electron chi connectivity index (χ4n) is 2.45. The first-order valence-electron chi connectivity index (χ1n) is 6.78. The number of amidine groups is 1. The minimum Gasteiger partial charge on any atom is -0.409 e. The molecule has 0 radical (unpaired) electrons. The molecule has 0 aromatic carbocycles. The molecule has 1 fully saturated rings. The molecule has 1 amide bonds. The summed E-state index contributed by atoms with van der Waals surface area (Å²) in [5.74, 6) is -0.0210. The van der Waals surface area contributed by atoms with E-state index < -0.39 is 0 Å². The predicted octanol–water partition coefficient (Wildman–Crippen LogP) is 1.23. The number of rotatable bonds is 4. The van der Waals surface area contributed by atoms with Crippen molar-refractivity contribution in [1.82, 2.24) is 14.5 Å². The Morgan fingerprint density at radius 2 is 2.40 bits per heavy atom. The van der Waals surface area contributed by atoms with Gasteiger partial charge in [0, 0.05) is 6.54 Å². The fraction of sp³-hybridized carbons (Fsp3) is 0.667. The normalized spacial score (nSPS) is 20.1. The Morgan fingerprint density at radius 3 is 3.10 bits per heavy atom. The van der Waals surface area contributed by atoms with Gasteiger partial charge in [0.05, 0.1) is 11.7 Å². The zero-order valence-electron chi connectivity index (χ0n) is 11.4. The molecule has 1 unspecified atom stereocenters. The topological polar surface area (TPSA) is 105 Å². The molecule has 7 nitrogen and oxygen atoms in total. The molecule has 1 aliphatic rings. The van der Waals surface area contributed by atoms with Crippen LogP contribution in [-0.4, -0.2) is 44.0 Å². The number of amides is 1. The zero-order chi connectivity index (χ0) is 14.5. The molecule has 1 aliphatic heterocycles. The Balaban J connectivity index is 2.23. The van der Waals surface area contributed by atoms with Gasteiger partial charge in [0.2, 0.25) is 0 Å². The lowest BCUT2D eigenvalue weighted by atomic mass is 10.0. The third-order valence-corrected chi connectivity index (χ3v) is 4.21. The number of nitrogens with zero attached hydrogens (tertiary/aromatic N) is 4. The molecule has 2 heterocycles. The van der Waals surface area contributed by atoms with Crippen LogP contribution in [0, 0.1) is 0 Å². The summed E-state index contributed by atoms with van der Waals surface area (Å²) in [5.41, 5.74) is 6.45. The summed E-state index contributed by atoms with van der Waals surface area (Å²) in [7, 11) is 0. The van der Waals surface area contributed by atoms with Crippen molar-refractivity contribution in [3.63, 3.8) is 0 Å². The highest BCUT2D eigenvalue weighted by Crippen LogP contribution is 2.23. The van der Waals surface area contributed by atoms with Crippen molar-refractivity contribution in [2.45, 2.75) is 45.1 Å². The summed E-state index contributed by atoms with van der Waals surface area (Å²) < 4.78 is 3.88. The first-order valence-corrected chi connectivity index (χ1v) is 7.56. The second-order valence-corrected chi connectivity index (χ2v) is 5.59. The predicted molar refractivity (Wildman–Crippen MR) is 76.0 cm³/mol. The number of aryl methyl sites for hydroxylation is 1. The average Bonchev–Trinajstić information content (AvgIpc) is 2.94. The largest absolute Gasteiger partial charge is 0.409 e. The van der Waals surface area contributed by atoms with E-state index in [1.807, 2.05) is 6.92 Å². The maximum Gasteiger partial charge on any atom is 0.268 e. The lowest BCUT2D eigenvalue weighted by Crippen LogP contribution is -2.50. The molecule has 0 spiro atoms. The number of nitrogens with two attached hydrogens (primary N) is 1. The molecule has 8 heteroatoms. The quantitative estimate of drug-likeness (QED) is 0.376. The highest BCUT2D eigenvalue weighted by Gasteiger charge is 2.32. The van der Waals surface area contributed by atoms with E-state index in [0.717, 1.165) is 49.3 Å². The Labute approximate surface area is 121 Å². The van der Waals surface area contributed by atoms with Crippen LogP contribution in [0.1, 0.15) is 48.0 Å². The summed E-state index contributed by atoms with van der Waals surface area (Å²) >= 11 is 1.12. The zero-order valence-corrected chi connectivity index (χ0v) is 12.3. The van der Waals surface area contributed by atoms with Gasteiger partial charge in [-0.1, -0.05) is 23.0 Å². The molecule has 110 valence electrons. The fourth-order valence-corrected chi connectivity index (χ4v) is 3.12. The van der Waals surface area contributed by atoms with Crippen molar-refractivity contribution in [3.05, 3.63) is 10.6 Å². The number of aromatic nitrogens is 2. The summed E-state index contributed by atoms with van der Waals surface area (Å²) in [5, 5.41) is 15.9. The number of carbonyl (C=O) groups is 1. The molecule has 2 rings (SSSR count). The van der Waals surface area contributed by atoms with Crippen LogP contribution >= 0.6 is 11.5 Å². The number of carbonyl (C=O) groups excluding carboxylic acids is 1. The standard InChI is InChI=1S/C12H19N5O2S/c1-2-5-8-10(20-16-14-8)12(18)17-7-4-3-6-9(17)11(13)15-19/h9,19H,2-7H2,1H3,(H2,13,15). The maximum absolute atomic E-state index is 12.7. The van der Waals surface area contributed by atoms with Crippen molar-refractivity contribution >= 4 is 23.3 Å². The van der Waals surface area contributed by atoms with Crippen molar-refractivity contribution in [1.29, 1.82) is 0 Å². The van der Waals surface area contributed by atoms with Gasteiger partial charge in [-0.15, -0.1) is 5.10 Å². The van der Waals surface area contributed by atoms with Gasteiger partial charge in [-0.2, -0.15) is 0 Å². The van der Waals surface area contributed by atoms with Crippen LogP contribution in [0.4, 0.5) is 0 Å². The van der Waals surface area contributed by atoms with Gasteiger partial charge < -0.3 is 15.8 Å². The van der Waals surface area contributed by atoms with Gasteiger partial charge >= 0.3 is 0 Å². The Kier molecular flexibility index (Phi) is 4.89. The third-order valence-electron chi connectivity index (χ3n) is 3.46. The van der Waals surface area contributed by atoms with E-state index in [-0.39, 0.29) is 17.8 Å². The summed E-state index contributed by atoms with van der Waals surface area (Å²) in [4.78, 5) is 14.9. The first-order chi connectivity index (χ1) is 9.69. The molecule has 3 N–H and O–H groups in total. The molecule has 20 heavy (non-hydrogen) atoms. The van der Waals surface area contributed by atoms with Crippen molar-refractivity contribution in [2.75, 3.05) is 6.54 Å². The van der Waals surface area contributed by atoms with Gasteiger partial charge in [-0.25, -0.2) is 0 Å². The molecule has 1 aromatic rings. The minimum absolute atomic E-state index is 0.0903. The van der Waals surface area contributed by atoms with Crippen LogP contribution in [0.15, 0.2) is 5.16 Å². The van der Waals surface area contributed by atoms with E-state index in [1.165, 1.54) is 0 Å². The molecule has 0 saturated carbocycles. The van der Waals surface area contributed by atoms with Crippen LogP contribution in [0.2, 0.25) is 0 Å². The number of hydrogen-bond donors (Lipinski definition) is 2. The van der Waals surface area contributed by atoms with Gasteiger partial charge in [-0.3, -0.25) is 4.79 Å². The van der Waals surface area contributed by atoms with Crippen molar-refractivity contribution < 1.29 is 10.0 Å². The number of likely N-dealkylation sites (tertiary alicyclic amines) is 1. The van der Waals surface area contributed by atoms with Gasteiger partial charge in [-0.05, 0) is 37.2 Å². The smallest absolute Gasteiger partial charge is 0.268 e. The second kappa shape index (κ2) is 6.65. The lowest BCUT2D eigenvalue weighted by Gasteiger charge is -2.34. The van der Waals surface area contributed by atoms with Crippen LogP contribution in [-0.2, 0) is 6.42 Å². The van der Waals surface area contributed by atoms with Crippen LogP contribution in [0.3, 0.4) is 0 Å². The van der Waals surface area contributed by atoms with Crippen molar-refractivity contribution in [3.8, 4) is 0 Å². The lowest BCUT2D eigenvalue weighted by molar-refractivity contribution is 0.0680. The molecule has 1 atom stereocenters. The summed E-state index contributed by atoms with van der Waals surface area (Å²) in [6.07, 6.45) is 4.26. The molecular weight excluding hydrogens is 278 g/mol. The Bertz CT molecular complexity index is 502. The van der Waals surface area contributed by atoms with Gasteiger partial charge in [0.1, 0.15) is 4.88 Å². The summed E-state index contributed by atoms with van der Waals surface area (Å²) in [6, 6.07) is -0.335. The van der Waals surface area contributed by atoms with Crippen LogP contribution in [0.5, 0.6) is 0 Å². The molecule has 1 aromatic heterocycles. The summed E-state index contributed by atoms with van der Waals surface area (Å²) in [6.45, 7) is 2.65. The SMILES string of the molecule is CCCc1nnsc1C(=O)N1CCCCC1C(N)=NO. The van der Waals surface area contributed by atoms with E-state index in [0.29, 0.717) is 11.4 Å². The van der Waals surface area contributed by atoms with Gasteiger partial charge in [0.15, 0.2) is 5.84 Å². The molecule has 0 aliphatic carbocycles. The molecular formula is C12H19N5O2S. The van der Waals surface area contributed by atoms with Crippen LogP contribution in [0.25, 0.3) is 0 Å². The molecule has 0 bridgehead atoms. The van der Waals surface area contributed by atoms with Crippen LogP contribution < -0.4 is 5.73 Å². The number of oxime groups is 1. The van der Waals surface area contributed by atoms with E-state index >= 15 is 0 Å². The number of hydrogen-bond acceptors (Lipinski definition) is 6. The third kappa shape index (κ3) is 2.90. The van der Waals surface area contributed by atoms with E-state index in [2.05, 4.69) is 14.7 Å². The average molecular weight is 297 g/mol. The van der Waals surface area contributed by atoms with Crippen molar-refractivity contribution in [2.24, 2.45) is 10.9 Å². The van der Waals surface area contributed by atoms with E-state index in [1.54, 1.807) is 4.90 Å². The second-order valence-electron chi connectivity index (χ2n) is 4.83. The highest BCUT2D eigenvalue weighted by molar-refractivity contribution is 7.08. The Morgan fingerprint density at radius 1 is 1.60 bits per heavy atom. The highest BCUT2D eigenvalue weighted by atomic mass is 32.1.